The van der Waals surface area contributed by atoms with E-state index in [0.717, 1.165) is 5.56 Å². The van der Waals surface area contributed by atoms with Crippen molar-refractivity contribution < 1.29 is 19.1 Å². The molecule has 2 aliphatic heterocycles. The van der Waals surface area contributed by atoms with E-state index in [9.17, 15) is 14.4 Å². The maximum atomic E-state index is 12.3. The first-order valence-corrected chi connectivity index (χ1v) is 6.37. The molecule has 1 atom stereocenters. The van der Waals surface area contributed by atoms with E-state index in [1.165, 1.54) is 0 Å². The van der Waals surface area contributed by atoms with Gasteiger partial charge in [0.1, 0.15) is 11.8 Å². The van der Waals surface area contributed by atoms with Crippen molar-refractivity contribution in [1.82, 2.24) is 10.2 Å². The third-order valence-electron chi connectivity index (χ3n) is 3.66. The van der Waals surface area contributed by atoms with Gasteiger partial charge in [0, 0.05) is 18.7 Å². The van der Waals surface area contributed by atoms with E-state index in [0.29, 0.717) is 17.9 Å². The van der Waals surface area contributed by atoms with Crippen LogP contribution in [0.4, 0.5) is 0 Å². The van der Waals surface area contributed by atoms with E-state index < -0.39 is 6.04 Å². The summed E-state index contributed by atoms with van der Waals surface area (Å²) in [5.74, 6) is 0.0687. The van der Waals surface area contributed by atoms with Crippen molar-refractivity contribution in [3.63, 3.8) is 0 Å². The predicted octanol–water partition coefficient (Wildman–Crippen LogP) is 0.109. The van der Waals surface area contributed by atoms with Crippen molar-refractivity contribution in [2.24, 2.45) is 0 Å². The van der Waals surface area contributed by atoms with Crippen LogP contribution >= 0.6 is 0 Å². The highest BCUT2D eigenvalue weighted by molar-refractivity contribution is 6.08. The van der Waals surface area contributed by atoms with Gasteiger partial charge in [0.2, 0.25) is 5.91 Å². The summed E-state index contributed by atoms with van der Waals surface area (Å²) in [5.41, 5.74) is 1.51. The molecule has 20 heavy (non-hydrogen) atoms. The Morgan fingerprint density at radius 1 is 1.35 bits per heavy atom. The Morgan fingerprint density at radius 2 is 2.15 bits per heavy atom. The van der Waals surface area contributed by atoms with Gasteiger partial charge >= 0.3 is 0 Å². The Balaban J connectivity index is 1.77. The number of ether oxygens (including phenoxy) is 1. The standard InChI is InChI=1S/C14H14N2O4/c1-20-9-3-2-8-6-16(14(19)10(8)4-9)7-11-12(17)5-13(18)15-11/h2-4,11H,5-7H2,1H3,(H,15,18). The van der Waals surface area contributed by atoms with Crippen molar-refractivity contribution in [2.45, 2.75) is 19.0 Å². The van der Waals surface area contributed by atoms with Crippen molar-refractivity contribution in [3.8, 4) is 5.75 Å². The van der Waals surface area contributed by atoms with Crippen LogP contribution in [-0.4, -0.2) is 42.2 Å². The number of fused-ring (bicyclic) bond motifs is 1. The Hall–Kier alpha value is -2.37. The van der Waals surface area contributed by atoms with E-state index in [1.807, 2.05) is 6.07 Å². The summed E-state index contributed by atoms with van der Waals surface area (Å²) in [4.78, 5) is 36.6. The van der Waals surface area contributed by atoms with Gasteiger partial charge < -0.3 is 15.0 Å². The summed E-state index contributed by atoms with van der Waals surface area (Å²) in [6, 6.07) is 4.77. The van der Waals surface area contributed by atoms with Crippen LogP contribution in [0.5, 0.6) is 5.75 Å². The van der Waals surface area contributed by atoms with Gasteiger partial charge in [-0.05, 0) is 17.7 Å². The molecule has 1 fully saturated rings. The first-order valence-electron chi connectivity index (χ1n) is 6.37. The van der Waals surface area contributed by atoms with E-state index in [1.54, 1.807) is 24.1 Å². The molecule has 1 N–H and O–H groups in total. The molecule has 6 nitrogen and oxygen atoms in total. The summed E-state index contributed by atoms with van der Waals surface area (Å²) in [5, 5.41) is 2.59. The second-order valence-electron chi connectivity index (χ2n) is 4.97. The number of carbonyl (C=O) groups excluding carboxylic acids is 3. The van der Waals surface area contributed by atoms with Crippen molar-refractivity contribution >= 4 is 17.6 Å². The Labute approximate surface area is 115 Å². The number of methoxy groups -OCH3 is 1. The monoisotopic (exact) mass is 274 g/mol. The average Bonchev–Trinajstić information content (AvgIpc) is 2.91. The molecular weight excluding hydrogens is 260 g/mol. The SMILES string of the molecule is COc1ccc2c(c1)C(=O)N(CC1NC(=O)CC1=O)C2. The minimum absolute atomic E-state index is 0.0898. The molecule has 6 heteroatoms. The van der Waals surface area contributed by atoms with Crippen LogP contribution in [0.1, 0.15) is 22.3 Å². The van der Waals surface area contributed by atoms with E-state index in [-0.39, 0.29) is 30.6 Å². The Bertz CT molecular complexity index is 611. The number of carbonyl (C=O) groups is 3. The first-order chi connectivity index (χ1) is 9.58. The van der Waals surface area contributed by atoms with Gasteiger partial charge in [-0.25, -0.2) is 0 Å². The van der Waals surface area contributed by atoms with Crippen LogP contribution in [0.2, 0.25) is 0 Å². The van der Waals surface area contributed by atoms with Crippen LogP contribution in [0.3, 0.4) is 0 Å². The fourth-order valence-electron chi connectivity index (χ4n) is 2.59. The fourth-order valence-corrected chi connectivity index (χ4v) is 2.59. The molecule has 2 aliphatic rings. The normalized spacial score (nSPS) is 21.1. The number of benzene rings is 1. The highest BCUT2D eigenvalue weighted by Crippen LogP contribution is 2.27. The second-order valence-corrected chi connectivity index (χ2v) is 4.97. The van der Waals surface area contributed by atoms with Crippen LogP contribution < -0.4 is 10.1 Å². The van der Waals surface area contributed by atoms with Crippen molar-refractivity contribution in [3.05, 3.63) is 29.3 Å². The number of nitrogens with zero attached hydrogens (tertiary/aromatic N) is 1. The van der Waals surface area contributed by atoms with Gasteiger partial charge in [0.15, 0.2) is 5.78 Å². The molecule has 3 rings (SSSR count). The number of Topliss-reactive ketones (excluding diaryl/α,β-unsaturated/α-hetero) is 1. The lowest BCUT2D eigenvalue weighted by atomic mass is 10.1. The lowest BCUT2D eigenvalue weighted by Crippen LogP contribution is -2.41. The minimum atomic E-state index is -0.581. The molecule has 1 aromatic carbocycles. The molecule has 0 bridgehead atoms. The van der Waals surface area contributed by atoms with Crippen molar-refractivity contribution in [1.29, 1.82) is 0 Å². The molecule has 0 radical (unpaired) electrons. The largest absolute Gasteiger partial charge is 0.497 e. The molecule has 0 aromatic heterocycles. The van der Waals surface area contributed by atoms with Crippen LogP contribution in [0, 0.1) is 0 Å². The van der Waals surface area contributed by atoms with Gasteiger partial charge in [-0.15, -0.1) is 0 Å². The first kappa shape index (κ1) is 12.7. The predicted molar refractivity (Wildman–Crippen MR) is 69.3 cm³/mol. The summed E-state index contributed by atoms with van der Waals surface area (Å²) in [6.07, 6.45) is -0.0898. The van der Waals surface area contributed by atoms with Crippen molar-refractivity contribution in [2.75, 3.05) is 13.7 Å². The zero-order chi connectivity index (χ0) is 14.3. The molecule has 0 spiro atoms. The molecule has 2 heterocycles. The Morgan fingerprint density at radius 3 is 2.80 bits per heavy atom. The van der Waals surface area contributed by atoms with Gasteiger partial charge in [-0.1, -0.05) is 6.07 Å². The Kier molecular flexibility index (Phi) is 2.93. The lowest BCUT2D eigenvalue weighted by molar-refractivity contribution is -0.122. The maximum Gasteiger partial charge on any atom is 0.254 e. The van der Waals surface area contributed by atoms with Crippen LogP contribution in [-0.2, 0) is 16.1 Å². The number of hydrogen-bond donors (Lipinski definition) is 1. The summed E-state index contributed by atoms with van der Waals surface area (Å²) in [6.45, 7) is 0.679. The quantitative estimate of drug-likeness (QED) is 0.794. The maximum absolute atomic E-state index is 12.3. The van der Waals surface area contributed by atoms with E-state index in [4.69, 9.17) is 4.74 Å². The van der Waals surface area contributed by atoms with Crippen LogP contribution in [0.15, 0.2) is 18.2 Å². The fraction of sp³-hybridized carbons (Fsp3) is 0.357. The molecule has 0 aliphatic carbocycles. The molecule has 0 saturated carbocycles. The van der Waals surface area contributed by atoms with Gasteiger partial charge in [0.05, 0.1) is 13.5 Å². The molecule has 1 saturated heterocycles. The minimum Gasteiger partial charge on any atom is -0.497 e. The zero-order valence-corrected chi connectivity index (χ0v) is 11.0. The summed E-state index contributed by atoms with van der Waals surface area (Å²) < 4.78 is 5.11. The number of rotatable bonds is 3. The average molecular weight is 274 g/mol. The highest BCUT2D eigenvalue weighted by atomic mass is 16.5. The molecule has 104 valence electrons. The zero-order valence-electron chi connectivity index (χ0n) is 11.0. The van der Waals surface area contributed by atoms with Gasteiger partial charge in [-0.3, -0.25) is 14.4 Å². The third-order valence-corrected chi connectivity index (χ3v) is 3.66. The summed E-state index contributed by atoms with van der Waals surface area (Å²) in [7, 11) is 1.55. The molecule has 2 amide bonds. The third kappa shape index (κ3) is 2.03. The smallest absolute Gasteiger partial charge is 0.254 e. The topological polar surface area (TPSA) is 75.7 Å². The number of amides is 2. The molecule has 1 unspecified atom stereocenters. The number of nitrogens with one attached hydrogen (secondary N) is 1. The highest BCUT2D eigenvalue weighted by Gasteiger charge is 2.35. The van der Waals surface area contributed by atoms with E-state index in [2.05, 4.69) is 5.32 Å². The second kappa shape index (κ2) is 4.63. The van der Waals surface area contributed by atoms with Crippen LogP contribution in [0.25, 0.3) is 0 Å². The molecule has 1 aromatic rings. The van der Waals surface area contributed by atoms with Gasteiger partial charge in [-0.2, -0.15) is 0 Å². The summed E-state index contributed by atoms with van der Waals surface area (Å²) >= 11 is 0. The molecular formula is C14H14N2O4. The lowest BCUT2D eigenvalue weighted by Gasteiger charge is -2.19. The number of hydrogen-bond acceptors (Lipinski definition) is 4. The van der Waals surface area contributed by atoms with Gasteiger partial charge in [0.25, 0.3) is 5.91 Å². The number of ketones is 1. The van der Waals surface area contributed by atoms with E-state index >= 15 is 0 Å².